The number of thiophene rings is 1. The van der Waals surface area contributed by atoms with Crippen LogP contribution in [-0.2, 0) is 12.8 Å². The molecule has 0 aliphatic carbocycles. The summed E-state index contributed by atoms with van der Waals surface area (Å²) < 4.78 is 0. The molecule has 0 unspecified atom stereocenters. The van der Waals surface area contributed by atoms with Crippen LogP contribution in [0.2, 0.25) is 0 Å². The van der Waals surface area contributed by atoms with Gasteiger partial charge in [0.05, 0.1) is 10.4 Å². The second-order valence-electron chi connectivity index (χ2n) is 6.99. The van der Waals surface area contributed by atoms with Crippen LogP contribution >= 0.6 is 11.3 Å². The quantitative estimate of drug-likeness (QED) is 0.498. The molecule has 1 N–H and O–H groups in total. The van der Waals surface area contributed by atoms with Gasteiger partial charge in [-0.25, -0.2) is 4.79 Å². The van der Waals surface area contributed by atoms with Gasteiger partial charge < -0.3 is 5.11 Å². The molecule has 0 amide bonds. The predicted molar refractivity (Wildman–Crippen MR) is 116 cm³/mol. The Balaban J connectivity index is 2.21. The van der Waals surface area contributed by atoms with E-state index in [0.717, 1.165) is 56.7 Å². The highest BCUT2D eigenvalue weighted by atomic mass is 32.1. The Bertz CT molecular complexity index is 1060. The van der Waals surface area contributed by atoms with Gasteiger partial charge in [-0.2, -0.15) is 0 Å². The van der Waals surface area contributed by atoms with E-state index in [4.69, 9.17) is 0 Å². The largest absolute Gasteiger partial charge is 0.478 e. The van der Waals surface area contributed by atoms with Crippen LogP contribution in [0.5, 0.6) is 0 Å². The first-order valence-electron chi connectivity index (χ1n) is 9.45. The van der Waals surface area contributed by atoms with Crippen LogP contribution in [0, 0.1) is 13.8 Å². The Morgan fingerprint density at radius 3 is 2.18 bits per heavy atom. The molecule has 0 aliphatic rings. The lowest BCUT2D eigenvalue weighted by molar-refractivity contribution is 0.0696. The zero-order valence-electron chi connectivity index (χ0n) is 16.6. The number of aldehydes is 1. The van der Waals surface area contributed by atoms with E-state index in [-0.39, 0.29) is 0 Å². The Morgan fingerprint density at radius 2 is 1.61 bits per heavy atom. The molecular weight excluding hydrogens is 368 g/mol. The SMILES string of the molecule is CCc1cc(C(=O)O)cc(C)c1-c1cc(C)c(-c2ccc(C=O)s2)c(CC)c1. The molecule has 2 aromatic carbocycles. The summed E-state index contributed by atoms with van der Waals surface area (Å²) in [5.41, 5.74) is 8.20. The second kappa shape index (κ2) is 8.11. The summed E-state index contributed by atoms with van der Waals surface area (Å²) in [7, 11) is 0. The van der Waals surface area contributed by atoms with Gasteiger partial charge in [-0.05, 0) is 89.9 Å². The Kier molecular flexibility index (Phi) is 5.80. The van der Waals surface area contributed by atoms with E-state index in [1.807, 2.05) is 19.1 Å². The van der Waals surface area contributed by atoms with Crippen molar-refractivity contribution in [3.63, 3.8) is 0 Å². The molecule has 3 nitrogen and oxygen atoms in total. The fraction of sp³-hybridized carbons (Fsp3) is 0.250. The topological polar surface area (TPSA) is 54.4 Å². The van der Waals surface area contributed by atoms with E-state index < -0.39 is 5.97 Å². The Morgan fingerprint density at radius 1 is 0.964 bits per heavy atom. The van der Waals surface area contributed by atoms with Crippen LogP contribution in [0.1, 0.15) is 56.1 Å². The molecule has 0 saturated heterocycles. The predicted octanol–water partition coefficient (Wildman–Crippen LogP) is 6.33. The summed E-state index contributed by atoms with van der Waals surface area (Å²) in [6.45, 7) is 8.27. The summed E-state index contributed by atoms with van der Waals surface area (Å²) in [6.07, 6.45) is 2.55. The summed E-state index contributed by atoms with van der Waals surface area (Å²) in [5, 5.41) is 9.38. The fourth-order valence-electron chi connectivity index (χ4n) is 3.86. The smallest absolute Gasteiger partial charge is 0.335 e. The molecule has 3 rings (SSSR count). The normalized spacial score (nSPS) is 10.9. The lowest BCUT2D eigenvalue weighted by atomic mass is 9.87. The molecule has 144 valence electrons. The van der Waals surface area contributed by atoms with Crippen LogP contribution in [0.3, 0.4) is 0 Å². The number of hydrogen-bond acceptors (Lipinski definition) is 3. The molecule has 1 aromatic heterocycles. The molecule has 0 saturated carbocycles. The van der Waals surface area contributed by atoms with Crippen molar-refractivity contribution in [1.82, 2.24) is 0 Å². The van der Waals surface area contributed by atoms with Crippen LogP contribution in [0.15, 0.2) is 36.4 Å². The maximum atomic E-state index is 11.4. The van der Waals surface area contributed by atoms with Gasteiger partial charge in [0, 0.05) is 4.88 Å². The van der Waals surface area contributed by atoms with E-state index >= 15 is 0 Å². The second-order valence-corrected chi connectivity index (χ2v) is 8.10. The van der Waals surface area contributed by atoms with E-state index in [1.54, 1.807) is 12.1 Å². The third-order valence-corrected chi connectivity index (χ3v) is 6.15. The van der Waals surface area contributed by atoms with Gasteiger partial charge in [-0.15, -0.1) is 11.3 Å². The number of aromatic carboxylic acids is 1. The van der Waals surface area contributed by atoms with Gasteiger partial charge in [0.2, 0.25) is 0 Å². The first-order valence-corrected chi connectivity index (χ1v) is 10.3. The molecule has 0 aliphatic heterocycles. The average Bonchev–Trinajstić information content (AvgIpc) is 3.15. The number of carboxylic acids is 1. The average molecular weight is 393 g/mol. The number of carboxylic acid groups (broad SMARTS) is 1. The number of rotatable bonds is 6. The number of benzene rings is 2. The lowest BCUT2D eigenvalue weighted by Gasteiger charge is -2.18. The molecule has 0 bridgehead atoms. The summed E-state index contributed by atoms with van der Waals surface area (Å²) >= 11 is 1.51. The third-order valence-electron chi connectivity index (χ3n) is 5.12. The van der Waals surface area contributed by atoms with Gasteiger partial charge in [-0.1, -0.05) is 26.0 Å². The molecule has 0 spiro atoms. The monoisotopic (exact) mass is 392 g/mol. The Labute approximate surface area is 169 Å². The van der Waals surface area contributed by atoms with Crippen molar-refractivity contribution in [3.05, 3.63) is 69.1 Å². The highest BCUT2D eigenvalue weighted by Gasteiger charge is 2.17. The molecule has 4 heteroatoms. The first-order chi connectivity index (χ1) is 13.4. The van der Waals surface area contributed by atoms with Crippen molar-refractivity contribution < 1.29 is 14.7 Å². The van der Waals surface area contributed by atoms with E-state index in [0.29, 0.717) is 5.56 Å². The van der Waals surface area contributed by atoms with Gasteiger partial charge in [0.15, 0.2) is 6.29 Å². The number of carbonyl (C=O) groups excluding carboxylic acids is 1. The minimum absolute atomic E-state index is 0.335. The minimum atomic E-state index is -0.895. The van der Waals surface area contributed by atoms with Crippen molar-refractivity contribution in [3.8, 4) is 21.6 Å². The molecule has 0 fully saturated rings. The maximum absolute atomic E-state index is 11.4. The van der Waals surface area contributed by atoms with Crippen LogP contribution in [-0.4, -0.2) is 17.4 Å². The van der Waals surface area contributed by atoms with Crippen molar-refractivity contribution in [2.45, 2.75) is 40.5 Å². The zero-order chi connectivity index (χ0) is 20.4. The zero-order valence-corrected chi connectivity index (χ0v) is 17.4. The van der Waals surface area contributed by atoms with E-state index in [2.05, 4.69) is 32.9 Å². The van der Waals surface area contributed by atoms with Gasteiger partial charge in [-0.3, -0.25) is 4.79 Å². The van der Waals surface area contributed by atoms with E-state index in [9.17, 15) is 14.7 Å². The molecule has 28 heavy (non-hydrogen) atoms. The van der Waals surface area contributed by atoms with Crippen LogP contribution < -0.4 is 0 Å². The standard InChI is InChI=1S/C24H24O3S/c1-5-16-12-19(24(26)27)10-14(3)22(16)18-9-15(4)23(17(6-2)11-18)21-8-7-20(13-25)28-21/h7-13H,5-6H2,1-4H3,(H,26,27). The highest BCUT2D eigenvalue weighted by Crippen LogP contribution is 2.38. The number of carbonyl (C=O) groups is 2. The van der Waals surface area contributed by atoms with Crippen molar-refractivity contribution in [2.24, 2.45) is 0 Å². The number of hydrogen-bond donors (Lipinski definition) is 1. The summed E-state index contributed by atoms with van der Waals surface area (Å²) in [6, 6.07) is 11.8. The molecule has 1 heterocycles. The van der Waals surface area contributed by atoms with Crippen molar-refractivity contribution in [1.29, 1.82) is 0 Å². The molecule has 0 radical (unpaired) electrons. The summed E-state index contributed by atoms with van der Waals surface area (Å²) in [5.74, 6) is -0.895. The van der Waals surface area contributed by atoms with Crippen LogP contribution in [0.25, 0.3) is 21.6 Å². The fourth-order valence-corrected chi connectivity index (χ4v) is 4.83. The van der Waals surface area contributed by atoms with Gasteiger partial charge >= 0.3 is 5.97 Å². The van der Waals surface area contributed by atoms with E-state index in [1.165, 1.54) is 22.5 Å². The molecule has 0 atom stereocenters. The summed E-state index contributed by atoms with van der Waals surface area (Å²) in [4.78, 5) is 24.3. The molecule has 3 aromatic rings. The highest BCUT2D eigenvalue weighted by molar-refractivity contribution is 7.17. The Hall–Kier alpha value is -2.72. The van der Waals surface area contributed by atoms with Crippen molar-refractivity contribution in [2.75, 3.05) is 0 Å². The van der Waals surface area contributed by atoms with Crippen molar-refractivity contribution >= 4 is 23.6 Å². The minimum Gasteiger partial charge on any atom is -0.478 e. The lowest BCUT2D eigenvalue weighted by Crippen LogP contribution is -2.02. The van der Waals surface area contributed by atoms with Gasteiger partial charge in [0.25, 0.3) is 0 Å². The first kappa shape index (κ1) is 20.0. The van der Waals surface area contributed by atoms with Crippen LogP contribution in [0.4, 0.5) is 0 Å². The maximum Gasteiger partial charge on any atom is 0.335 e. The van der Waals surface area contributed by atoms with Gasteiger partial charge in [0.1, 0.15) is 0 Å². The molecular formula is C24H24O3S. The number of aryl methyl sites for hydroxylation is 4. The third kappa shape index (κ3) is 3.65.